The lowest BCUT2D eigenvalue weighted by Gasteiger charge is -2.73. The molecule has 0 aromatic rings. The van der Waals surface area contributed by atoms with Gasteiger partial charge in [0.2, 0.25) is 0 Å². The third kappa shape index (κ3) is 4.07. The van der Waals surface area contributed by atoms with Crippen molar-refractivity contribution in [2.75, 3.05) is 12.4 Å². The number of amidine groups is 1. The van der Waals surface area contributed by atoms with Crippen LogP contribution in [0.5, 0.6) is 0 Å². The Hall–Kier alpha value is -0.0400. The first-order valence-electron chi connectivity index (χ1n) is 14.7. The predicted octanol–water partition coefficient (Wildman–Crippen LogP) is 7.18. The van der Waals surface area contributed by atoms with Crippen molar-refractivity contribution in [3.8, 4) is 0 Å². The minimum atomic E-state index is -0.176. The van der Waals surface area contributed by atoms with Crippen LogP contribution in [0.15, 0.2) is 12.2 Å². The van der Waals surface area contributed by atoms with Crippen molar-refractivity contribution in [2.45, 2.75) is 105 Å². The smallest absolute Gasteiger partial charge is 0.151 e. The minimum absolute atomic E-state index is 0. The number of nitrogens with two attached hydrogens (primary N) is 1. The number of thioether (sulfide) groups is 1. The van der Waals surface area contributed by atoms with Crippen LogP contribution < -0.4 is 5.73 Å². The Morgan fingerprint density at radius 3 is 2.27 bits per heavy atom. The van der Waals surface area contributed by atoms with Crippen LogP contribution in [-0.2, 0) is 0 Å². The van der Waals surface area contributed by atoms with Gasteiger partial charge in [-0.1, -0.05) is 58.5 Å². The molecule has 0 amide bonds. The summed E-state index contributed by atoms with van der Waals surface area (Å²) in [7, 11) is 0. The Bertz CT molecular complexity index is 927. The van der Waals surface area contributed by atoms with E-state index in [9.17, 15) is 10.2 Å². The molecule has 0 radical (unpaired) electrons. The van der Waals surface area contributed by atoms with Gasteiger partial charge in [-0.2, -0.15) is 0 Å². The summed E-state index contributed by atoms with van der Waals surface area (Å²) >= 11 is 1.41. The van der Waals surface area contributed by atoms with Crippen LogP contribution >= 0.6 is 28.7 Å². The lowest BCUT2D eigenvalue weighted by molar-refractivity contribution is -0.249. The van der Waals surface area contributed by atoms with E-state index in [0.29, 0.717) is 47.0 Å². The standard InChI is InChI=1S/C31H52N2O2S.BrH/c1-19(17-36-26(32)33)20-9-14-31(18-34)16-15-29(5)21(25(20)31)7-8-23-28(4)12-11-24(35)27(2,3)22(28)10-13-30(23,29)6;/h20-25,34-35H,1,7-18H2,2-6H3,(H3,32,33);1H/t20-,21+,22-,23+,24?,25+,28-,29+,30+,31+;/m0./s1. The molecule has 1 unspecified atom stereocenters. The molecule has 0 spiro atoms. The van der Waals surface area contributed by atoms with Gasteiger partial charge in [-0.25, -0.2) is 0 Å². The van der Waals surface area contributed by atoms with E-state index in [1.165, 1.54) is 49.4 Å². The molecule has 10 atom stereocenters. The summed E-state index contributed by atoms with van der Waals surface area (Å²) in [5, 5.41) is 29.6. The third-order valence-corrected chi connectivity index (χ3v) is 14.7. The molecule has 0 saturated heterocycles. The lowest BCUT2D eigenvalue weighted by atomic mass is 9.32. The van der Waals surface area contributed by atoms with Gasteiger partial charge >= 0.3 is 0 Å². The Balaban J connectivity index is 0.00000320. The zero-order valence-corrected chi connectivity index (χ0v) is 26.5. The second-order valence-electron chi connectivity index (χ2n) is 15.0. The molecular formula is C31H53BrN2O2S. The molecule has 5 fully saturated rings. The van der Waals surface area contributed by atoms with E-state index in [4.69, 9.17) is 11.1 Å². The Kier molecular flexibility index (Phi) is 7.93. The first kappa shape index (κ1) is 29.9. The summed E-state index contributed by atoms with van der Waals surface area (Å²) in [6.45, 7) is 17.4. The van der Waals surface area contributed by atoms with Gasteiger partial charge in [0, 0.05) is 12.4 Å². The fourth-order valence-corrected chi connectivity index (χ4v) is 12.3. The Morgan fingerprint density at radius 1 is 0.919 bits per heavy atom. The van der Waals surface area contributed by atoms with Crippen LogP contribution in [0.3, 0.4) is 0 Å². The largest absolute Gasteiger partial charge is 0.396 e. The first-order chi connectivity index (χ1) is 16.8. The average Bonchev–Trinajstić information content (AvgIpc) is 3.21. The van der Waals surface area contributed by atoms with Gasteiger partial charge in [0.15, 0.2) is 5.17 Å². The predicted molar refractivity (Wildman–Crippen MR) is 161 cm³/mol. The van der Waals surface area contributed by atoms with E-state index in [1.807, 2.05) is 0 Å². The molecule has 4 nitrogen and oxygen atoms in total. The van der Waals surface area contributed by atoms with Crippen molar-refractivity contribution in [2.24, 2.45) is 62.4 Å². The van der Waals surface area contributed by atoms with Crippen molar-refractivity contribution in [3.05, 3.63) is 12.2 Å². The van der Waals surface area contributed by atoms with E-state index in [-0.39, 0.29) is 44.5 Å². The summed E-state index contributed by atoms with van der Waals surface area (Å²) in [6, 6.07) is 0. The SMILES string of the molecule is Br.C=C(CSC(=N)N)[C@@H]1CC[C@]2(CO)CC[C@]3(C)[C@H](CC[C@@H]4[C@@]5(C)CCC(O)C(C)(C)[C@@H]5CC[C@]43C)[C@@H]12. The zero-order chi connectivity index (χ0) is 26.3. The van der Waals surface area contributed by atoms with Gasteiger partial charge in [-0.15, -0.1) is 17.0 Å². The molecule has 0 aliphatic heterocycles. The van der Waals surface area contributed by atoms with Crippen molar-refractivity contribution in [1.29, 1.82) is 5.41 Å². The summed E-state index contributed by atoms with van der Waals surface area (Å²) in [6.07, 6.45) is 11.6. The van der Waals surface area contributed by atoms with Crippen LogP contribution in [0.4, 0.5) is 0 Å². The molecule has 5 N–H and O–H groups in total. The van der Waals surface area contributed by atoms with Crippen LogP contribution in [0.25, 0.3) is 0 Å². The number of nitrogens with one attached hydrogen (secondary N) is 1. The fraction of sp³-hybridized carbons (Fsp3) is 0.903. The molecule has 37 heavy (non-hydrogen) atoms. The molecule has 0 aromatic heterocycles. The molecule has 5 aliphatic rings. The van der Waals surface area contributed by atoms with Gasteiger partial charge in [0.25, 0.3) is 0 Å². The quantitative estimate of drug-likeness (QED) is 0.157. The number of hydrogen-bond donors (Lipinski definition) is 4. The van der Waals surface area contributed by atoms with Crippen molar-refractivity contribution >= 4 is 33.9 Å². The van der Waals surface area contributed by atoms with E-state index in [1.54, 1.807) is 0 Å². The van der Waals surface area contributed by atoms with Gasteiger partial charge < -0.3 is 15.9 Å². The van der Waals surface area contributed by atoms with Crippen molar-refractivity contribution in [1.82, 2.24) is 0 Å². The van der Waals surface area contributed by atoms with Gasteiger partial charge in [0.1, 0.15) is 0 Å². The number of fused-ring (bicyclic) bond motifs is 7. The summed E-state index contributed by atoms with van der Waals surface area (Å²) < 4.78 is 0. The number of aliphatic hydroxyl groups is 2. The minimum Gasteiger partial charge on any atom is -0.396 e. The highest BCUT2D eigenvalue weighted by atomic mass is 79.9. The van der Waals surface area contributed by atoms with E-state index < -0.39 is 0 Å². The summed E-state index contributed by atoms with van der Waals surface area (Å²) in [4.78, 5) is 0. The average molecular weight is 598 g/mol. The Morgan fingerprint density at radius 2 is 1.62 bits per heavy atom. The molecule has 5 rings (SSSR count). The molecule has 6 heteroatoms. The highest BCUT2D eigenvalue weighted by Crippen LogP contribution is 2.77. The van der Waals surface area contributed by atoms with Crippen LogP contribution in [-0.4, -0.2) is 33.8 Å². The maximum absolute atomic E-state index is 11.0. The molecule has 5 saturated carbocycles. The zero-order valence-electron chi connectivity index (χ0n) is 23.9. The molecule has 0 bridgehead atoms. The van der Waals surface area contributed by atoms with Crippen molar-refractivity contribution in [3.63, 3.8) is 0 Å². The number of halogens is 1. The number of rotatable bonds is 4. The third-order valence-electron chi connectivity index (χ3n) is 13.8. The topological polar surface area (TPSA) is 90.3 Å². The fourth-order valence-electron chi connectivity index (χ4n) is 11.7. The van der Waals surface area contributed by atoms with Crippen LogP contribution in [0.2, 0.25) is 0 Å². The van der Waals surface area contributed by atoms with E-state index in [2.05, 4.69) is 41.2 Å². The molecule has 5 aliphatic carbocycles. The van der Waals surface area contributed by atoms with E-state index in [0.717, 1.165) is 37.9 Å². The summed E-state index contributed by atoms with van der Waals surface area (Å²) in [5.74, 6) is 3.58. The monoisotopic (exact) mass is 596 g/mol. The maximum Gasteiger partial charge on any atom is 0.151 e. The van der Waals surface area contributed by atoms with Crippen LogP contribution in [0, 0.1) is 62.1 Å². The molecular weight excluding hydrogens is 544 g/mol. The van der Waals surface area contributed by atoms with Gasteiger partial charge in [-0.3, -0.25) is 5.41 Å². The normalized spacial score (nSPS) is 50.0. The Labute approximate surface area is 240 Å². The van der Waals surface area contributed by atoms with E-state index >= 15 is 0 Å². The highest BCUT2D eigenvalue weighted by molar-refractivity contribution is 8.93. The molecule has 212 valence electrons. The summed E-state index contributed by atoms with van der Waals surface area (Å²) in [5.41, 5.74) is 7.82. The lowest BCUT2D eigenvalue weighted by Crippen LogP contribution is -2.66. The number of aliphatic hydroxyl groups excluding tert-OH is 2. The molecule has 0 heterocycles. The number of hydrogen-bond acceptors (Lipinski definition) is 4. The molecule has 0 aromatic carbocycles. The van der Waals surface area contributed by atoms with Crippen LogP contribution in [0.1, 0.15) is 98.8 Å². The van der Waals surface area contributed by atoms with Gasteiger partial charge in [0.05, 0.1) is 6.10 Å². The maximum atomic E-state index is 11.0. The first-order valence-corrected chi connectivity index (χ1v) is 15.7. The second kappa shape index (κ2) is 9.80. The van der Waals surface area contributed by atoms with Gasteiger partial charge in [-0.05, 0) is 121 Å². The highest BCUT2D eigenvalue weighted by Gasteiger charge is 2.70. The second-order valence-corrected chi connectivity index (χ2v) is 16.1. The van der Waals surface area contributed by atoms with Crippen molar-refractivity contribution < 1.29 is 10.2 Å².